The molecule has 2 bridgehead atoms. The molecule has 2 aliphatic heterocycles. The number of hydrogen-bond acceptors (Lipinski definition) is 4. The third-order valence-electron chi connectivity index (χ3n) is 7.20. The first-order chi connectivity index (χ1) is 14.5. The normalized spacial score (nSPS) is 32.6. The van der Waals surface area contributed by atoms with Crippen molar-refractivity contribution >= 4 is 41.8 Å². The zero-order chi connectivity index (χ0) is 21.3. The molecule has 2 saturated heterocycles. The van der Waals surface area contributed by atoms with Crippen LogP contribution < -0.4 is 10.6 Å². The Morgan fingerprint density at radius 2 is 1.84 bits per heavy atom. The minimum Gasteiger partial charge on any atom is -0.356 e. The molecule has 5 unspecified atom stereocenters. The number of rotatable bonds is 7. The van der Waals surface area contributed by atoms with Crippen molar-refractivity contribution in [3.63, 3.8) is 0 Å². The summed E-state index contributed by atoms with van der Waals surface area (Å²) >= 11 is 0. The second-order valence-electron chi connectivity index (χ2n) is 9.87. The van der Waals surface area contributed by atoms with Gasteiger partial charge < -0.3 is 15.5 Å². The Morgan fingerprint density at radius 3 is 2.45 bits per heavy atom. The second-order valence-corrected chi connectivity index (χ2v) is 9.87. The fourth-order valence-corrected chi connectivity index (χ4v) is 5.93. The molecule has 0 aromatic heterocycles. The minimum absolute atomic E-state index is 0. The summed E-state index contributed by atoms with van der Waals surface area (Å²) in [5.41, 5.74) is 0. The number of aliphatic imine (C=N–C) groups is 1. The van der Waals surface area contributed by atoms with Crippen LogP contribution >= 0.6 is 24.0 Å². The highest BCUT2D eigenvalue weighted by Crippen LogP contribution is 2.52. The maximum Gasteiger partial charge on any atom is 0.233 e. The number of guanidine groups is 1. The van der Waals surface area contributed by atoms with Crippen LogP contribution in [0.1, 0.15) is 33.1 Å². The first-order valence-corrected chi connectivity index (χ1v) is 11.7. The summed E-state index contributed by atoms with van der Waals surface area (Å²) in [6.07, 6.45) is 7.75. The smallest absolute Gasteiger partial charge is 0.233 e. The number of imide groups is 1. The quantitative estimate of drug-likeness (QED) is 0.169. The van der Waals surface area contributed by atoms with Crippen LogP contribution in [0.5, 0.6) is 0 Å². The van der Waals surface area contributed by atoms with Gasteiger partial charge in [0, 0.05) is 39.8 Å². The van der Waals surface area contributed by atoms with E-state index in [1.165, 1.54) is 30.8 Å². The van der Waals surface area contributed by atoms with Crippen LogP contribution in [0.25, 0.3) is 0 Å². The summed E-state index contributed by atoms with van der Waals surface area (Å²) in [6.45, 7) is 9.91. The van der Waals surface area contributed by atoms with Crippen molar-refractivity contribution < 1.29 is 9.59 Å². The summed E-state index contributed by atoms with van der Waals surface area (Å²) in [4.78, 5) is 33.9. The van der Waals surface area contributed by atoms with Crippen LogP contribution in [0, 0.1) is 35.5 Å². The number of halogens is 1. The molecule has 7 nitrogen and oxygen atoms in total. The Kier molecular flexibility index (Phi) is 8.40. The lowest BCUT2D eigenvalue weighted by atomic mass is 9.85. The van der Waals surface area contributed by atoms with Crippen molar-refractivity contribution in [2.75, 3.05) is 46.3 Å². The van der Waals surface area contributed by atoms with Gasteiger partial charge >= 0.3 is 0 Å². The van der Waals surface area contributed by atoms with Crippen LogP contribution in [-0.2, 0) is 9.59 Å². The summed E-state index contributed by atoms with van der Waals surface area (Å²) in [5.74, 6) is 2.46. The van der Waals surface area contributed by atoms with Crippen molar-refractivity contribution in [3.05, 3.63) is 12.2 Å². The van der Waals surface area contributed by atoms with E-state index in [-0.39, 0.29) is 59.5 Å². The topological polar surface area (TPSA) is 77.0 Å². The molecular weight excluding hydrogens is 505 g/mol. The number of hydrogen-bond donors (Lipinski definition) is 2. The zero-order valence-corrected chi connectivity index (χ0v) is 21.4. The van der Waals surface area contributed by atoms with E-state index in [2.05, 4.69) is 46.5 Å². The molecule has 2 N–H and O–H groups in total. The van der Waals surface area contributed by atoms with Crippen molar-refractivity contribution in [2.45, 2.75) is 33.1 Å². The molecule has 4 aliphatic rings. The van der Waals surface area contributed by atoms with E-state index in [1.54, 1.807) is 7.05 Å². The first kappa shape index (κ1) is 24.5. The summed E-state index contributed by atoms with van der Waals surface area (Å²) < 4.78 is 0. The van der Waals surface area contributed by atoms with Crippen LogP contribution in [0.3, 0.4) is 0 Å². The van der Waals surface area contributed by atoms with Crippen LogP contribution in [-0.4, -0.2) is 73.9 Å². The lowest BCUT2D eigenvalue weighted by Gasteiger charge is -2.34. The molecule has 2 heterocycles. The fraction of sp³-hybridized carbons (Fsp3) is 0.783. The third kappa shape index (κ3) is 5.26. The van der Waals surface area contributed by atoms with Crippen molar-refractivity contribution in [1.82, 2.24) is 20.4 Å². The minimum atomic E-state index is -0.106. The van der Waals surface area contributed by atoms with E-state index < -0.39 is 0 Å². The van der Waals surface area contributed by atoms with E-state index in [0.29, 0.717) is 24.9 Å². The molecule has 174 valence electrons. The third-order valence-corrected chi connectivity index (χ3v) is 7.20. The van der Waals surface area contributed by atoms with E-state index in [1.807, 2.05) is 0 Å². The summed E-state index contributed by atoms with van der Waals surface area (Å²) in [6, 6.07) is 0. The number of likely N-dealkylation sites (tertiary alicyclic amines) is 2. The van der Waals surface area contributed by atoms with Gasteiger partial charge in [0.25, 0.3) is 0 Å². The number of allylic oxidation sites excluding steroid dienone is 2. The maximum atomic E-state index is 12.8. The van der Waals surface area contributed by atoms with Crippen LogP contribution in [0.15, 0.2) is 17.1 Å². The SMILES string of the molecule is CN=C(NCCN1C(=O)C2C3C=CC(C3)C2C1=O)NCC1CCCN(CC(C)C)C1.I. The summed E-state index contributed by atoms with van der Waals surface area (Å²) in [5, 5.41) is 6.73. The number of fused-ring (bicyclic) bond motifs is 5. The molecule has 0 spiro atoms. The monoisotopic (exact) mass is 543 g/mol. The van der Waals surface area contributed by atoms with Gasteiger partial charge in [-0.05, 0) is 49.5 Å². The molecule has 0 aromatic carbocycles. The highest BCUT2D eigenvalue weighted by atomic mass is 127. The lowest BCUT2D eigenvalue weighted by Crippen LogP contribution is -2.47. The Morgan fingerprint density at radius 1 is 1.16 bits per heavy atom. The van der Waals surface area contributed by atoms with Gasteiger partial charge in [-0.3, -0.25) is 19.5 Å². The molecule has 31 heavy (non-hydrogen) atoms. The Labute approximate surface area is 203 Å². The molecule has 1 saturated carbocycles. The van der Waals surface area contributed by atoms with Crippen LogP contribution in [0.2, 0.25) is 0 Å². The number of carbonyl (C=O) groups excluding carboxylic acids is 2. The van der Waals surface area contributed by atoms with Gasteiger partial charge in [-0.15, -0.1) is 24.0 Å². The average Bonchev–Trinajstić information content (AvgIpc) is 3.39. The second kappa shape index (κ2) is 10.6. The molecular formula is C23H38IN5O2. The van der Waals surface area contributed by atoms with Gasteiger partial charge in [-0.1, -0.05) is 26.0 Å². The number of nitrogens with zero attached hydrogens (tertiary/aromatic N) is 3. The van der Waals surface area contributed by atoms with E-state index in [4.69, 9.17) is 0 Å². The van der Waals surface area contributed by atoms with Gasteiger partial charge in [-0.25, -0.2) is 0 Å². The number of nitrogens with one attached hydrogen (secondary N) is 2. The predicted octanol–water partition coefficient (Wildman–Crippen LogP) is 1.94. The summed E-state index contributed by atoms with van der Waals surface area (Å²) in [7, 11) is 1.77. The van der Waals surface area contributed by atoms with E-state index in [9.17, 15) is 9.59 Å². The largest absolute Gasteiger partial charge is 0.356 e. The molecule has 2 aliphatic carbocycles. The Balaban J connectivity index is 0.00000272. The van der Waals surface area contributed by atoms with Crippen molar-refractivity contribution in [3.8, 4) is 0 Å². The molecule has 0 aromatic rings. The van der Waals surface area contributed by atoms with Crippen molar-refractivity contribution in [2.24, 2.45) is 40.5 Å². The van der Waals surface area contributed by atoms with E-state index in [0.717, 1.165) is 25.5 Å². The van der Waals surface area contributed by atoms with Gasteiger partial charge in [0.15, 0.2) is 5.96 Å². The van der Waals surface area contributed by atoms with Crippen LogP contribution in [0.4, 0.5) is 0 Å². The lowest BCUT2D eigenvalue weighted by molar-refractivity contribution is -0.140. The molecule has 0 radical (unpaired) electrons. The Hall–Kier alpha value is -1.16. The number of carbonyl (C=O) groups is 2. The van der Waals surface area contributed by atoms with Gasteiger partial charge in [0.1, 0.15) is 0 Å². The van der Waals surface area contributed by atoms with Gasteiger partial charge in [0.2, 0.25) is 11.8 Å². The maximum absolute atomic E-state index is 12.8. The Bertz CT molecular complexity index is 695. The standard InChI is InChI=1S/C23H37N5O2.HI/c1-15(2)13-27-9-4-5-16(14-27)12-26-23(24-3)25-8-10-28-21(29)19-17-6-7-18(11-17)20(19)22(28)30;/h6-7,15-20H,4-5,8-14H2,1-3H3,(H2,24,25,26);1H. The average molecular weight is 543 g/mol. The molecule has 4 rings (SSSR count). The van der Waals surface area contributed by atoms with Gasteiger partial charge in [-0.2, -0.15) is 0 Å². The molecule has 8 heteroatoms. The first-order valence-electron chi connectivity index (χ1n) is 11.7. The molecule has 5 atom stereocenters. The predicted molar refractivity (Wildman–Crippen MR) is 133 cm³/mol. The van der Waals surface area contributed by atoms with E-state index >= 15 is 0 Å². The van der Waals surface area contributed by atoms with Gasteiger partial charge in [0.05, 0.1) is 11.8 Å². The molecule has 2 amide bonds. The fourth-order valence-electron chi connectivity index (χ4n) is 5.93. The highest BCUT2D eigenvalue weighted by molar-refractivity contribution is 14.0. The molecule has 3 fully saturated rings. The van der Waals surface area contributed by atoms with Crippen molar-refractivity contribution in [1.29, 1.82) is 0 Å². The highest BCUT2D eigenvalue weighted by Gasteiger charge is 2.58. The zero-order valence-electron chi connectivity index (χ0n) is 19.0. The number of amides is 2. The number of piperidine rings is 1.